The monoisotopic (exact) mass is 570 g/mol. The van der Waals surface area contributed by atoms with Crippen molar-refractivity contribution in [3.05, 3.63) is 91.8 Å². The number of halogens is 1. The number of carbonyl (C=O) groups is 2. The highest BCUT2D eigenvalue weighted by Crippen LogP contribution is 2.39. The zero-order valence-electron chi connectivity index (χ0n) is 20.9. The van der Waals surface area contributed by atoms with E-state index >= 15 is 0 Å². The van der Waals surface area contributed by atoms with Gasteiger partial charge in [-0.25, -0.2) is 0 Å². The second-order valence-electron chi connectivity index (χ2n) is 8.08. The first-order chi connectivity index (χ1) is 18.8. The van der Waals surface area contributed by atoms with Gasteiger partial charge < -0.3 is 18.9 Å². The Balaban J connectivity index is 1.44. The van der Waals surface area contributed by atoms with Gasteiger partial charge >= 0.3 is 0 Å². The molecule has 1 fully saturated rings. The molecule has 0 spiro atoms. The Bertz CT molecular complexity index is 1450. The van der Waals surface area contributed by atoms with Crippen molar-refractivity contribution in [3.8, 4) is 23.0 Å². The lowest BCUT2D eigenvalue weighted by molar-refractivity contribution is -0.384. The van der Waals surface area contributed by atoms with Crippen LogP contribution in [0.2, 0.25) is 5.02 Å². The Morgan fingerprint density at radius 1 is 0.974 bits per heavy atom. The highest BCUT2D eigenvalue weighted by Gasteiger charge is 2.35. The van der Waals surface area contributed by atoms with Crippen LogP contribution in [-0.4, -0.2) is 48.3 Å². The fourth-order valence-electron chi connectivity index (χ4n) is 3.71. The standard InChI is InChI=1S/C27H23ClN2O8S/c1-35-21-8-3-4-9-22(21)37-11-10-29-26(31)24(39-27(29)32)15-18-13-20(28)25(23(14-18)36-2)38-16-17-6-5-7-19(12-17)30(33)34/h3-9,12-15H,10-11,16H2,1-2H3/b24-15-. The lowest BCUT2D eigenvalue weighted by atomic mass is 10.1. The van der Waals surface area contributed by atoms with Crippen LogP contribution in [0.3, 0.4) is 0 Å². The molecule has 1 heterocycles. The Morgan fingerprint density at radius 2 is 1.72 bits per heavy atom. The molecule has 3 aromatic rings. The molecule has 202 valence electrons. The molecule has 1 aliphatic heterocycles. The maximum absolute atomic E-state index is 12.9. The molecule has 12 heteroatoms. The maximum Gasteiger partial charge on any atom is 0.293 e. The van der Waals surface area contributed by atoms with Gasteiger partial charge in [0, 0.05) is 12.1 Å². The Hall–Kier alpha value is -4.22. The van der Waals surface area contributed by atoms with Gasteiger partial charge in [0.15, 0.2) is 23.0 Å². The molecule has 0 unspecified atom stereocenters. The maximum atomic E-state index is 12.9. The number of nitro benzene ring substituents is 1. The van der Waals surface area contributed by atoms with Gasteiger partial charge in [-0.1, -0.05) is 35.9 Å². The number of non-ortho nitro benzene ring substituents is 1. The molecular weight excluding hydrogens is 548 g/mol. The highest BCUT2D eigenvalue weighted by atomic mass is 35.5. The van der Waals surface area contributed by atoms with E-state index in [0.717, 1.165) is 16.7 Å². The smallest absolute Gasteiger partial charge is 0.293 e. The van der Waals surface area contributed by atoms with E-state index < -0.39 is 16.1 Å². The first kappa shape index (κ1) is 27.8. The number of benzene rings is 3. The molecule has 1 saturated heterocycles. The summed E-state index contributed by atoms with van der Waals surface area (Å²) < 4.78 is 22.2. The van der Waals surface area contributed by atoms with E-state index in [1.165, 1.54) is 26.4 Å². The van der Waals surface area contributed by atoms with Gasteiger partial charge in [0.2, 0.25) is 0 Å². The fourth-order valence-corrected chi connectivity index (χ4v) is 4.85. The van der Waals surface area contributed by atoms with Crippen LogP contribution in [0.5, 0.6) is 23.0 Å². The van der Waals surface area contributed by atoms with E-state index in [0.29, 0.717) is 28.4 Å². The summed E-state index contributed by atoms with van der Waals surface area (Å²) in [6.07, 6.45) is 1.55. The van der Waals surface area contributed by atoms with Crippen molar-refractivity contribution in [2.24, 2.45) is 0 Å². The molecule has 2 amide bonds. The highest BCUT2D eigenvalue weighted by molar-refractivity contribution is 8.18. The van der Waals surface area contributed by atoms with E-state index in [2.05, 4.69) is 0 Å². The van der Waals surface area contributed by atoms with Crippen molar-refractivity contribution in [1.82, 2.24) is 4.90 Å². The van der Waals surface area contributed by atoms with Crippen LogP contribution in [0.4, 0.5) is 10.5 Å². The molecule has 0 saturated carbocycles. The van der Waals surface area contributed by atoms with Crippen LogP contribution >= 0.6 is 23.4 Å². The van der Waals surface area contributed by atoms with Crippen molar-refractivity contribution < 1.29 is 33.5 Å². The number of rotatable bonds is 11. The van der Waals surface area contributed by atoms with Crippen LogP contribution in [0.1, 0.15) is 11.1 Å². The third-order valence-electron chi connectivity index (χ3n) is 5.57. The van der Waals surface area contributed by atoms with Crippen molar-refractivity contribution >= 4 is 46.3 Å². The third kappa shape index (κ3) is 6.62. The number of ether oxygens (including phenoxy) is 4. The predicted molar refractivity (Wildman–Crippen MR) is 147 cm³/mol. The lowest BCUT2D eigenvalue weighted by Gasteiger charge is -2.15. The van der Waals surface area contributed by atoms with Gasteiger partial charge in [0.1, 0.15) is 13.2 Å². The molecule has 0 N–H and O–H groups in total. The molecule has 0 aliphatic carbocycles. The summed E-state index contributed by atoms with van der Waals surface area (Å²) in [5, 5.41) is 10.8. The minimum atomic E-state index is -0.485. The molecule has 1 aliphatic rings. The Morgan fingerprint density at radius 3 is 2.44 bits per heavy atom. The summed E-state index contributed by atoms with van der Waals surface area (Å²) in [5.74, 6) is 1.15. The quantitative estimate of drug-likeness (QED) is 0.156. The van der Waals surface area contributed by atoms with Crippen LogP contribution in [0.15, 0.2) is 65.6 Å². The van der Waals surface area contributed by atoms with Gasteiger partial charge in [-0.3, -0.25) is 24.6 Å². The number of nitro groups is 1. The van der Waals surface area contributed by atoms with Gasteiger partial charge in [-0.05, 0) is 53.2 Å². The van der Waals surface area contributed by atoms with E-state index in [4.69, 9.17) is 30.5 Å². The number of para-hydroxylation sites is 2. The fraction of sp³-hybridized carbons (Fsp3) is 0.185. The van der Waals surface area contributed by atoms with Gasteiger partial charge in [-0.2, -0.15) is 0 Å². The zero-order valence-corrected chi connectivity index (χ0v) is 22.5. The van der Waals surface area contributed by atoms with Crippen LogP contribution in [0.25, 0.3) is 6.08 Å². The molecule has 0 atom stereocenters. The summed E-state index contributed by atoms with van der Waals surface area (Å²) in [6.45, 7) is 0.184. The minimum absolute atomic E-state index is 0.0208. The predicted octanol–water partition coefficient (Wildman–Crippen LogP) is 5.96. The molecular formula is C27H23ClN2O8S. The summed E-state index contributed by atoms with van der Waals surface area (Å²) in [5.41, 5.74) is 1.05. The number of carbonyl (C=O) groups excluding carboxylic acids is 2. The van der Waals surface area contributed by atoms with Crippen LogP contribution in [0, 0.1) is 10.1 Å². The molecule has 10 nitrogen and oxygen atoms in total. The van der Waals surface area contributed by atoms with Crippen molar-refractivity contribution in [3.63, 3.8) is 0 Å². The number of nitrogens with zero attached hydrogens (tertiary/aromatic N) is 2. The number of amides is 2. The topological polar surface area (TPSA) is 117 Å². The van der Waals surface area contributed by atoms with Gasteiger partial charge in [-0.15, -0.1) is 0 Å². The second-order valence-corrected chi connectivity index (χ2v) is 9.48. The third-order valence-corrected chi connectivity index (χ3v) is 6.76. The molecule has 0 bridgehead atoms. The van der Waals surface area contributed by atoms with Crippen LogP contribution in [-0.2, 0) is 11.4 Å². The van der Waals surface area contributed by atoms with E-state index in [9.17, 15) is 19.7 Å². The van der Waals surface area contributed by atoms with Gasteiger partial charge in [0.25, 0.3) is 16.8 Å². The normalized spacial score (nSPS) is 14.0. The summed E-state index contributed by atoms with van der Waals surface area (Å²) in [6, 6.07) is 16.3. The van der Waals surface area contributed by atoms with E-state index in [1.54, 1.807) is 48.5 Å². The van der Waals surface area contributed by atoms with Crippen molar-refractivity contribution in [2.75, 3.05) is 27.4 Å². The number of methoxy groups -OCH3 is 2. The number of imide groups is 1. The number of hydrogen-bond donors (Lipinski definition) is 0. The van der Waals surface area contributed by atoms with Crippen LogP contribution < -0.4 is 18.9 Å². The minimum Gasteiger partial charge on any atom is -0.493 e. The Labute approximate surface area is 233 Å². The largest absolute Gasteiger partial charge is 0.493 e. The number of thioether (sulfide) groups is 1. The van der Waals surface area contributed by atoms with E-state index in [1.807, 2.05) is 6.07 Å². The average molecular weight is 571 g/mol. The first-order valence-corrected chi connectivity index (χ1v) is 12.7. The molecule has 39 heavy (non-hydrogen) atoms. The Kier molecular flexibility index (Phi) is 8.95. The van der Waals surface area contributed by atoms with Gasteiger partial charge in [0.05, 0.1) is 35.6 Å². The van der Waals surface area contributed by atoms with Crippen molar-refractivity contribution in [2.45, 2.75) is 6.61 Å². The average Bonchev–Trinajstić information content (AvgIpc) is 3.19. The first-order valence-electron chi connectivity index (χ1n) is 11.6. The van der Waals surface area contributed by atoms with E-state index in [-0.39, 0.29) is 41.1 Å². The SMILES string of the molecule is COc1ccccc1OCCN1C(=O)S/C(=C\c2cc(Cl)c(OCc3cccc([N+](=O)[O-])c3)c(OC)c2)C1=O. The summed E-state index contributed by atoms with van der Waals surface area (Å²) >= 11 is 7.27. The lowest BCUT2D eigenvalue weighted by Crippen LogP contribution is -2.32. The summed E-state index contributed by atoms with van der Waals surface area (Å²) in [4.78, 5) is 37.3. The van der Waals surface area contributed by atoms with Crippen molar-refractivity contribution in [1.29, 1.82) is 0 Å². The molecule has 4 rings (SSSR count). The zero-order chi connectivity index (χ0) is 27.9. The molecule has 0 aromatic heterocycles. The second kappa shape index (κ2) is 12.5. The number of hydrogen-bond acceptors (Lipinski definition) is 9. The molecule has 0 radical (unpaired) electrons. The summed E-state index contributed by atoms with van der Waals surface area (Å²) in [7, 11) is 2.96. The molecule has 3 aromatic carbocycles.